The smallest absolute Gasteiger partial charge is 0.293 e. The molecule has 1 N–H and O–H groups in total. The Hall–Kier alpha value is -3.16. The topological polar surface area (TPSA) is 92.7 Å². The fraction of sp³-hybridized carbons (Fsp3) is 0.333. The number of rotatable bonds is 3. The summed E-state index contributed by atoms with van der Waals surface area (Å²) in [5, 5.41) is 6.41. The molecular formula is C18H19N5O3. The Labute approximate surface area is 149 Å². The molecule has 0 bridgehead atoms. The minimum absolute atomic E-state index is 0.135. The fourth-order valence-corrected chi connectivity index (χ4v) is 3.20. The van der Waals surface area contributed by atoms with Gasteiger partial charge >= 0.3 is 0 Å². The number of pyridine rings is 1. The zero-order chi connectivity index (χ0) is 18.1. The van der Waals surface area contributed by atoms with E-state index in [1.54, 1.807) is 35.7 Å². The monoisotopic (exact) mass is 353 g/mol. The van der Waals surface area contributed by atoms with Crippen LogP contribution >= 0.6 is 0 Å². The predicted molar refractivity (Wildman–Crippen MR) is 94.1 cm³/mol. The highest BCUT2D eigenvalue weighted by Crippen LogP contribution is 2.19. The third-order valence-electron chi connectivity index (χ3n) is 4.47. The number of imidazole rings is 1. The summed E-state index contributed by atoms with van der Waals surface area (Å²) in [5.74, 6) is 0.460. The molecule has 0 atom stereocenters. The van der Waals surface area contributed by atoms with Gasteiger partial charge in [0.15, 0.2) is 11.5 Å². The largest absolute Gasteiger partial charge is 0.360 e. The number of aryl methyl sites for hydroxylation is 1. The maximum absolute atomic E-state index is 12.9. The van der Waals surface area contributed by atoms with Gasteiger partial charge in [-0.15, -0.1) is 0 Å². The lowest BCUT2D eigenvalue weighted by Crippen LogP contribution is -2.36. The van der Waals surface area contributed by atoms with E-state index in [2.05, 4.69) is 15.5 Å². The van der Waals surface area contributed by atoms with E-state index in [1.807, 2.05) is 11.0 Å². The highest BCUT2D eigenvalue weighted by atomic mass is 16.5. The lowest BCUT2D eigenvalue weighted by Gasteiger charge is -2.25. The van der Waals surface area contributed by atoms with Gasteiger partial charge in [0.05, 0.1) is 5.52 Å². The van der Waals surface area contributed by atoms with Gasteiger partial charge < -0.3 is 14.7 Å². The van der Waals surface area contributed by atoms with Gasteiger partial charge in [0.25, 0.3) is 11.8 Å². The van der Waals surface area contributed by atoms with Crippen molar-refractivity contribution < 1.29 is 14.1 Å². The van der Waals surface area contributed by atoms with Gasteiger partial charge in [-0.2, -0.15) is 0 Å². The van der Waals surface area contributed by atoms with Crippen molar-refractivity contribution in [1.82, 2.24) is 19.4 Å². The predicted octanol–water partition coefficient (Wildman–Crippen LogP) is 2.51. The Morgan fingerprint density at radius 1 is 1.19 bits per heavy atom. The molecule has 0 unspecified atom stereocenters. The third kappa shape index (κ3) is 2.94. The molecule has 134 valence electrons. The van der Waals surface area contributed by atoms with E-state index in [0.29, 0.717) is 22.8 Å². The molecule has 26 heavy (non-hydrogen) atoms. The summed E-state index contributed by atoms with van der Waals surface area (Å²) in [6.07, 6.45) is 4.85. The molecule has 1 saturated heterocycles. The van der Waals surface area contributed by atoms with Gasteiger partial charge in [-0.25, -0.2) is 4.98 Å². The number of hydrogen-bond acceptors (Lipinski definition) is 5. The van der Waals surface area contributed by atoms with Crippen molar-refractivity contribution >= 4 is 23.1 Å². The molecule has 0 aliphatic carbocycles. The number of likely N-dealkylation sites (tertiary alicyclic amines) is 1. The molecule has 2 amide bonds. The Bertz CT molecular complexity index is 968. The number of anilines is 1. The summed E-state index contributed by atoms with van der Waals surface area (Å²) in [4.78, 5) is 31.7. The van der Waals surface area contributed by atoms with Crippen molar-refractivity contribution in [3.05, 3.63) is 47.7 Å². The standard InChI is InChI=1S/C18H19N5O3/c1-12-11-14(21-26-12)19-17(24)16-20-15(13-7-3-6-10-23(13)16)18(25)22-8-4-2-5-9-22/h3,6-7,10-11H,2,4-5,8-9H2,1H3,(H,19,21,24). The maximum atomic E-state index is 12.9. The first-order chi connectivity index (χ1) is 12.6. The molecule has 4 heterocycles. The fourth-order valence-electron chi connectivity index (χ4n) is 3.20. The molecule has 1 fully saturated rings. The number of aromatic nitrogens is 3. The Balaban J connectivity index is 1.69. The summed E-state index contributed by atoms with van der Waals surface area (Å²) < 4.78 is 6.58. The second kappa shape index (κ2) is 6.62. The first-order valence-electron chi connectivity index (χ1n) is 8.64. The number of carbonyl (C=O) groups is 2. The van der Waals surface area contributed by atoms with Crippen molar-refractivity contribution in [2.24, 2.45) is 0 Å². The number of carbonyl (C=O) groups excluding carboxylic acids is 2. The highest BCUT2D eigenvalue weighted by molar-refractivity contribution is 6.05. The van der Waals surface area contributed by atoms with Gasteiger partial charge in [0.2, 0.25) is 5.82 Å². The Kier molecular flexibility index (Phi) is 4.16. The zero-order valence-corrected chi connectivity index (χ0v) is 14.4. The van der Waals surface area contributed by atoms with E-state index in [9.17, 15) is 9.59 Å². The van der Waals surface area contributed by atoms with Crippen molar-refractivity contribution in [3.8, 4) is 0 Å². The minimum Gasteiger partial charge on any atom is -0.360 e. The van der Waals surface area contributed by atoms with E-state index in [4.69, 9.17) is 4.52 Å². The van der Waals surface area contributed by atoms with Gasteiger partial charge in [-0.1, -0.05) is 11.2 Å². The lowest BCUT2D eigenvalue weighted by molar-refractivity contribution is 0.0721. The van der Waals surface area contributed by atoms with Gasteiger partial charge in [0, 0.05) is 25.4 Å². The van der Waals surface area contributed by atoms with Crippen LogP contribution in [0.15, 0.2) is 35.0 Å². The van der Waals surface area contributed by atoms with Gasteiger partial charge in [0.1, 0.15) is 5.76 Å². The third-order valence-corrected chi connectivity index (χ3v) is 4.47. The molecule has 0 spiro atoms. The van der Waals surface area contributed by atoms with Crippen molar-refractivity contribution in [2.75, 3.05) is 18.4 Å². The summed E-state index contributed by atoms with van der Waals surface area (Å²) in [5.41, 5.74) is 0.915. The molecular weight excluding hydrogens is 334 g/mol. The van der Waals surface area contributed by atoms with Crippen LogP contribution in [0.2, 0.25) is 0 Å². The Morgan fingerprint density at radius 2 is 2.00 bits per heavy atom. The van der Waals surface area contributed by atoms with E-state index in [0.717, 1.165) is 32.4 Å². The minimum atomic E-state index is -0.447. The van der Waals surface area contributed by atoms with E-state index in [1.165, 1.54) is 0 Å². The molecule has 1 aliphatic heterocycles. The molecule has 4 rings (SSSR count). The average Bonchev–Trinajstić information content (AvgIpc) is 3.25. The van der Waals surface area contributed by atoms with Gasteiger partial charge in [-0.3, -0.25) is 14.0 Å². The zero-order valence-electron chi connectivity index (χ0n) is 14.4. The van der Waals surface area contributed by atoms with Crippen LogP contribution in [-0.2, 0) is 0 Å². The number of amides is 2. The molecule has 3 aromatic heterocycles. The molecule has 0 saturated carbocycles. The second-order valence-corrected chi connectivity index (χ2v) is 6.37. The van der Waals surface area contributed by atoms with Crippen LogP contribution in [0.4, 0.5) is 5.82 Å². The quantitative estimate of drug-likeness (QED) is 0.781. The van der Waals surface area contributed by atoms with Crippen LogP contribution in [0.25, 0.3) is 5.52 Å². The first-order valence-corrected chi connectivity index (χ1v) is 8.64. The van der Waals surface area contributed by atoms with Gasteiger partial charge in [-0.05, 0) is 38.3 Å². The summed E-state index contributed by atoms with van der Waals surface area (Å²) in [6, 6.07) is 7.03. The average molecular weight is 353 g/mol. The van der Waals surface area contributed by atoms with Crippen LogP contribution < -0.4 is 5.32 Å². The molecule has 0 radical (unpaired) electrons. The SMILES string of the molecule is Cc1cc(NC(=O)c2nc(C(=O)N3CCCCC3)c3ccccn23)no1. The summed E-state index contributed by atoms with van der Waals surface area (Å²) in [7, 11) is 0. The summed E-state index contributed by atoms with van der Waals surface area (Å²) in [6.45, 7) is 3.19. The normalized spacial score (nSPS) is 14.6. The molecule has 8 heteroatoms. The second-order valence-electron chi connectivity index (χ2n) is 6.37. The van der Waals surface area contributed by atoms with E-state index >= 15 is 0 Å². The maximum Gasteiger partial charge on any atom is 0.293 e. The highest BCUT2D eigenvalue weighted by Gasteiger charge is 2.26. The van der Waals surface area contributed by atoms with Crippen LogP contribution in [0, 0.1) is 6.92 Å². The summed E-state index contributed by atoms with van der Waals surface area (Å²) >= 11 is 0. The van der Waals surface area contributed by atoms with Crippen molar-refractivity contribution in [3.63, 3.8) is 0 Å². The van der Waals surface area contributed by atoms with Crippen LogP contribution in [-0.4, -0.2) is 44.3 Å². The van der Waals surface area contributed by atoms with Crippen LogP contribution in [0.1, 0.15) is 46.1 Å². The molecule has 8 nitrogen and oxygen atoms in total. The molecule has 1 aliphatic rings. The van der Waals surface area contributed by atoms with Crippen LogP contribution in [0.3, 0.4) is 0 Å². The van der Waals surface area contributed by atoms with Crippen molar-refractivity contribution in [1.29, 1.82) is 0 Å². The lowest BCUT2D eigenvalue weighted by atomic mass is 10.1. The molecule has 3 aromatic rings. The Morgan fingerprint density at radius 3 is 2.73 bits per heavy atom. The van der Waals surface area contributed by atoms with Crippen molar-refractivity contribution in [2.45, 2.75) is 26.2 Å². The van der Waals surface area contributed by atoms with E-state index in [-0.39, 0.29) is 11.7 Å². The van der Waals surface area contributed by atoms with Crippen LogP contribution in [0.5, 0.6) is 0 Å². The first kappa shape index (κ1) is 16.3. The number of fused-ring (bicyclic) bond motifs is 1. The van der Waals surface area contributed by atoms with E-state index < -0.39 is 5.91 Å². The molecule has 0 aromatic carbocycles. The number of piperidine rings is 1. The number of hydrogen-bond donors (Lipinski definition) is 1. The number of nitrogens with one attached hydrogen (secondary N) is 1. The number of nitrogens with zero attached hydrogens (tertiary/aromatic N) is 4.